The number of rotatable bonds is 4. The number of primary amides is 1. The molecule has 0 aliphatic heterocycles. The molecule has 0 aliphatic carbocycles. The summed E-state index contributed by atoms with van der Waals surface area (Å²) in [6.45, 7) is 0. The lowest BCUT2D eigenvalue weighted by Gasteiger charge is -2.05. The van der Waals surface area contributed by atoms with Crippen molar-refractivity contribution in [1.82, 2.24) is 25.4 Å². The first kappa shape index (κ1) is 15.1. The molecule has 1 amide bonds. The molecule has 5 N–H and O–H groups in total. The number of hydrogen-bond acceptors (Lipinski definition) is 7. The van der Waals surface area contributed by atoms with E-state index < -0.39 is 21.9 Å². The molecule has 24 heavy (non-hydrogen) atoms. The molecule has 0 saturated heterocycles. The molecule has 2 heterocycles. The van der Waals surface area contributed by atoms with Crippen molar-refractivity contribution in [2.75, 3.05) is 0 Å². The van der Waals surface area contributed by atoms with Crippen molar-refractivity contribution in [1.29, 1.82) is 0 Å². The fourth-order valence-electron chi connectivity index (χ4n) is 2.28. The van der Waals surface area contributed by atoms with Crippen molar-refractivity contribution < 1.29 is 9.72 Å². The van der Waals surface area contributed by atoms with Gasteiger partial charge in [0.05, 0.1) is 21.7 Å². The number of carbonyl (C=O) groups is 1. The van der Waals surface area contributed by atoms with Crippen LogP contribution in [-0.4, -0.2) is 36.2 Å². The number of nitrogens with one attached hydrogen (secondary N) is 3. The molecular weight excluding hydrogens is 322 g/mol. The Morgan fingerprint density at radius 2 is 1.92 bits per heavy atom. The molecule has 0 spiro atoms. The van der Waals surface area contributed by atoms with Gasteiger partial charge in [0.15, 0.2) is 5.69 Å². The lowest BCUT2D eigenvalue weighted by molar-refractivity contribution is -0.384. The van der Waals surface area contributed by atoms with Crippen LogP contribution in [0.15, 0.2) is 21.7 Å². The van der Waals surface area contributed by atoms with Crippen LogP contribution in [0.25, 0.3) is 11.0 Å². The Bertz CT molecular complexity index is 1090. The summed E-state index contributed by atoms with van der Waals surface area (Å²) in [6.07, 6.45) is -0.0745. The Morgan fingerprint density at radius 1 is 1.21 bits per heavy atom. The zero-order valence-corrected chi connectivity index (χ0v) is 11.8. The molecule has 0 atom stereocenters. The van der Waals surface area contributed by atoms with E-state index in [0.717, 1.165) is 6.07 Å². The summed E-state index contributed by atoms with van der Waals surface area (Å²) in [5, 5.41) is 20.7. The molecular formula is C12H9N7O5. The number of non-ortho nitro benzene ring substituents is 1. The lowest BCUT2D eigenvalue weighted by atomic mass is 10.0. The molecule has 122 valence electrons. The lowest BCUT2D eigenvalue weighted by Crippen LogP contribution is -2.29. The Hall–Kier alpha value is -3.83. The van der Waals surface area contributed by atoms with Crippen molar-refractivity contribution >= 4 is 22.6 Å². The van der Waals surface area contributed by atoms with Crippen molar-refractivity contribution in [2.45, 2.75) is 6.42 Å². The molecule has 2 aromatic heterocycles. The molecule has 0 fully saturated rings. The average Bonchev–Trinajstić information content (AvgIpc) is 2.97. The smallest absolute Gasteiger partial charge is 0.314 e. The van der Waals surface area contributed by atoms with Crippen LogP contribution in [-0.2, 0) is 6.42 Å². The highest BCUT2D eigenvalue weighted by Gasteiger charge is 2.19. The maximum Gasteiger partial charge on any atom is 0.314 e. The summed E-state index contributed by atoms with van der Waals surface area (Å²) >= 11 is 0. The second kappa shape index (κ2) is 5.42. The monoisotopic (exact) mass is 331 g/mol. The van der Waals surface area contributed by atoms with Gasteiger partial charge in [0.1, 0.15) is 0 Å². The number of nitro benzene ring substituents is 1. The van der Waals surface area contributed by atoms with Crippen LogP contribution >= 0.6 is 0 Å². The zero-order chi connectivity index (χ0) is 17.4. The van der Waals surface area contributed by atoms with Gasteiger partial charge in [-0.15, -0.1) is 0 Å². The van der Waals surface area contributed by atoms with E-state index in [1.807, 2.05) is 0 Å². The van der Waals surface area contributed by atoms with E-state index in [0.29, 0.717) is 0 Å². The fourth-order valence-corrected chi connectivity index (χ4v) is 2.28. The SMILES string of the molecule is NC(=O)c1n[nH]nc1Cc1cc([N+](=O)[O-])cc2[nH]c(=O)c(=O)[nH]c12. The Morgan fingerprint density at radius 3 is 2.58 bits per heavy atom. The largest absolute Gasteiger partial charge is 0.364 e. The van der Waals surface area contributed by atoms with Crippen molar-refractivity contribution in [3.05, 3.63) is 59.9 Å². The summed E-state index contributed by atoms with van der Waals surface area (Å²) in [4.78, 5) is 49.3. The van der Waals surface area contributed by atoms with Crippen LogP contribution in [0.5, 0.6) is 0 Å². The predicted octanol–water partition coefficient (Wildman–Crippen LogP) is -1.07. The van der Waals surface area contributed by atoms with Crippen molar-refractivity contribution in [3.8, 4) is 0 Å². The van der Waals surface area contributed by atoms with Gasteiger partial charge in [0, 0.05) is 18.6 Å². The number of carbonyl (C=O) groups excluding carboxylic acids is 1. The number of fused-ring (bicyclic) bond motifs is 1. The molecule has 3 rings (SSSR count). The molecule has 12 heteroatoms. The highest BCUT2D eigenvalue weighted by Crippen LogP contribution is 2.23. The first-order valence-electron chi connectivity index (χ1n) is 6.50. The number of benzene rings is 1. The molecule has 0 radical (unpaired) electrons. The number of amides is 1. The summed E-state index contributed by atoms with van der Waals surface area (Å²) in [5.74, 6) is -0.824. The highest BCUT2D eigenvalue weighted by atomic mass is 16.6. The third-order valence-corrected chi connectivity index (χ3v) is 3.32. The topological polar surface area (TPSA) is 194 Å². The minimum absolute atomic E-state index is 0.0745. The number of aromatic amines is 3. The van der Waals surface area contributed by atoms with E-state index in [2.05, 4.69) is 25.4 Å². The van der Waals surface area contributed by atoms with E-state index >= 15 is 0 Å². The van der Waals surface area contributed by atoms with Crippen LogP contribution in [0.1, 0.15) is 21.7 Å². The number of nitrogens with zero attached hydrogens (tertiary/aromatic N) is 3. The second-order valence-corrected chi connectivity index (χ2v) is 4.85. The first-order valence-corrected chi connectivity index (χ1v) is 6.50. The minimum atomic E-state index is -0.937. The van der Waals surface area contributed by atoms with Crippen LogP contribution in [0.3, 0.4) is 0 Å². The van der Waals surface area contributed by atoms with E-state index in [1.54, 1.807) is 0 Å². The minimum Gasteiger partial charge on any atom is -0.364 e. The maximum atomic E-state index is 11.5. The molecule has 1 aromatic carbocycles. The molecule has 0 saturated carbocycles. The maximum absolute atomic E-state index is 11.5. The second-order valence-electron chi connectivity index (χ2n) is 4.85. The number of H-pyrrole nitrogens is 3. The van der Waals surface area contributed by atoms with Crippen LogP contribution in [0.2, 0.25) is 0 Å². The standard InChI is InChI=1S/C12H9N7O5/c13-10(20)9-7(16-18-17-9)2-4-1-5(19(23)24)3-6-8(4)15-12(22)11(21)14-6/h1,3H,2H2,(H2,13,20)(H,14,21)(H,15,22)(H,16,17,18). The summed E-state index contributed by atoms with van der Waals surface area (Å²) < 4.78 is 0. The van der Waals surface area contributed by atoms with Crippen molar-refractivity contribution in [3.63, 3.8) is 0 Å². The van der Waals surface area contributed by atoms with Gasteiger partial charge in [-0.1, -0.05) is 0 Å². The highest BCUT2D eigenvalue weighted by molar-refractivity contribution is 5.92. The number of nitrogens with two attached hydrogens (primary N) is 1. The van der Waals surface area contributed by atoms with E-state index in [1.165, 1.54) is 6.07 Å². The summed E-state index contributed by atoms with van der Waals surface area (Å²) in [6, 6.07) is 2.32. The van der Waals surface area contributed by atoms with Gasteiger partial charge < -0.3 is 15.7 Å². The van der Waals surface area contributed by atoms with E-state index in [4.69, 9.17) is 5.73 Å². The third kappa shape index (κ3) is 2.51. The van der Waals surface area contributed by atoms with Gasteiger partial charge in [-0.05, 0) is 5.56 Å². The van der Waals surface area contributed by atoms with Crippen molar-refractivity contribution in [2.24, 2.45) is 5.73 Å². The van der Waals surface area contributed by atoms with Crippen LogP contribution < -0.4 is 16.9 Å². The number of nitro groups is 1. The molecule has 0 unspecified atom stereocenters. The Labute approximate surface area is 130 Å². The predicted molar refractivity (Wildman–Crippen MR) is 79.6 cm³/mol. The Balaban J connectivity index is 2.25. The quantitative estimate of drug-likeness (QED) is 0.265. The van der Waals surface area contributed by atoms with E-state index in [-0.39, 0.29) is 40.1 Å². The summed E-state index contributed by atoms with van der Waals surface area (Å²) in [7, 11) is 0. The normalized spacial score (nSPS) is 10.8. The first-order chi connectivity index (χ1) is 11.4. The van der Waals surface area contributed by atoms with Gasteiger partial charge in [0.2, 0.25) is 0 Å². The third-order valence-electron chi connectivity index (χ3n) is 3.32. The molecule has 12 nitrogen and oxygen atoms in total. The average molecular weight is 331 g/mol. The van der Waals surface area contributed by atoms with Gasteiger partial charge in [-0.3, -0.25) is 24.5 Å². The van der Waals surface area contributed by atoms with Gasteiger partial charge in [-0.2, -0.15) is 15.4 Å². The zero-order valence-electron chi connectivity index (χ0n) is 11.8. The van der Waals surface area contributed by atoms with E-state index in [9.17, 15) is 24.5 Å². The number of aromatic nitrogens is 5. The Kier molecular flexibility index (Phi) is 3.41. The molecule has 0 aliphatic rings. The van der Waals surface area contributed by atoms with Crippen LogP contribution in [0, 0.1) is 10.1 Å². The molecule has 0 bridgehead atoms. The fraction of sp³-hybridized carbons (Fsp3) is 0.0833. The summed E-state index contributed by atoms with van der Waals surface area (Å²) in [5.41, 5.74) is 3.58. The van der Waals surface area contributed by atoms with Crippen LogP contribution in [0.4, 0.5) is 5.69 Å². The molecule has 3 aromatic rings. The van der Waals surface area contributed by atoms with Gasteiger partial charge in [-0.25, -0.2) is 0 Å². The number of hydrogen-bond donors (Lipinski definition) is 4. The van der Waals surface area contributed by atoms with Gasteiger partial charge >= 0.3 is 11.1 Å². The van der Waals surface area contributed by atoms with Gasteiger partial charge in [0.25, 0.3) is 11.6 Å².